The Hall–Kier alpha value is -2.13. The van der Waals surface area contributed by atoms with Crippen LogP contribution in [0.3, 0.4) is 0 Å². The van der Waals surface area contributed by atoms with Crippen molar-refractivity contribution in [1.82, 2.24) is 9.61 Å². The summed E-state index contributed by atoms with van der Waals surface area (Å²) in [6, 6.07) is 14.4. The van der Waals surface area contributed by atoms with E-state index in [1.807, 2.05) is 35.1 Å². The van der Waals surface area contributed by atoms with Crippen molar-refractivity contribution in [1.29, 1.82) is 0 Å². The lowest BCUT2D eigenvalue weighted by Gasteiger charge is -2.11. The van der Waals surface area contributed by atoms with Crippen LogP contribution in [0.25, 0.3) is 5.52 Å². The van der Waals surface area contributed by atoms with E-state index < -0.39 is 0 Å². The molecule has 1 atom stereocenters. The zero-order valence-corrected chi connectivity index (χ0v) is 11.0. The molecule has 3 aromatic rings. The second-order valence-corrected chi connectivity index (χ2v) is 4.70. The van der Waals surface area contributed by atoms with Crippen LogP contribution in [0.1, 0.15) is 29.7 Å². The first-order valence-electron chi connectivity index (χ1n) is 6.56. The average Bonchev–Trinajstić information content (AvgIpc) is 2.90. The van der Waals surface area contributed by atoms with Gasteiger partial charge in [0.05, 0.1) is 17.8 Å². The third-order valence-corrected chi connectivity index (χ3v) is 3.54. The van der Waals surface area contributed by atoms with Crippen LogP contribution >= 0.6 is 0 Å². The molecule has 0 aliphatic rings. The van der Waals surface area contributed by atoms with Gasteiger partial charge in [0, 0.05) is 11.8 Å². The molecular formula is C16H17N3. The summed E-state index contributed by atoms with van der Waals surface area (Å²) in [7, 11) is 0. The summed E-state index contributed by atoms with van der Waals surface area (Å²) < 4.78 is 1.86. The van der Waals surface area contributed by atoms with Gasteiger partial charge in [0.25, 0.3) is 0 Å². The minimum Gasteiger partial charge on any atom is -0.320 e. The van der Waals surface area contributed by atoms with E-state index in [2.05, 4.69) is 36.3 Å². The van der Waals surface area contributed by atoms with Crippen molar-refractivity contribution in [3.05, 3.63) is 71.5 Å². The molecule has 2 aromatic heterocycles. The van der Waals surface area contributed by atoms with Gasteiger partial charge < -0.3 is 5.73 Å². The van der Waals surface area contributed by atoms with Gasteiger partial charge in [0.15, 0.2) is 0 Å². The maximum absolute atomic E-state index is 6.37. The minimum atomic E-state index is -0.134. The van der Waals surface area contributed by atoms with Gasteiger partial charge in [0.2, 0.25) is 0 Å². The SMILES string of the molecule is CCc1ccc(C(N)c2cnn3ccccc23)cc1. The van der Waals surface area contributed by atoms with Gasteiger partial charge in [-0.3, -0.25) is 0 Å². The van der Waals surface area contributed by atoms with Crippen LogP contribution in [0.2, 0.25) is 0 Å². The first-order chi connectivity index (χ1) is 9.29. The van der Waals surface area contributed by atoms with Gasteiger partial charge >= 0.3 is 0 Å². The first kappa shape index (κ1) is 11.9. The highest BCUT2D eigenvalue weighted by Gasteiger charge is 2.13. The summed E-state index contributed by atoms with van der Waals surface area (Å²) >= 11 is 0. The molecule has 0 bridgehead atoms. The summed E-state index contributed by atoms with van der Waals surface area (Å²) in [5, 5.41) is 4.34. The van der Waals surface area contributed by atoms with Gasteiger partial charge in [0.1, 0.15) is 0 Å². The van der Waals surface area contributed by atoms with E-state index in [0.29, 0.717) is 0 Å². The molecule has 0 saturated carbocycles. The molecule has 2 heterocycles. The monoisotopic (exact) mass is 251 g/mol. The average molecular weight is 251 g/mol. The normalized spacial score (nSPS) is 12.7. The summed E-state index contributed by atoms with van der Waals surface area (Å²) in [6.45, 7) is 2.15. The lowest BCUT2D eigenvalue weighted by atomic mass is 9.99. The van der Waals surface area contributed by atoms with E-state index in [-0.39, 0.29) is 6.04 Å². The van der Waals surface area contributed by atoms with Gasteiger partial charge in [-0.15, -0.1) is 0 Å². The van der Waals surface area contributed by atoms with Crippen LogP contribution in [-0.4, -0.2) is 9.61 Å². The Morgan fingerprint density at radius 3 is 2.68 bits per heavy atom. The highest BCUT2D eigenvalue weighted by Crippen LogP contribution is 2.23. The Balaban J connectivity index is 2.00. The van der Waals surface area contributed by atoms with Crippen molar-refractivity contribution in [2.24, 2.45) is 5.73 Å². The molecule has 0 fully saturated rings. The fraction of sp³-hybridized carbons (Fsp3) is 0.188. The number of benzene rings is 1. The number of aromatic nitrogens is 2. The number of hydrogen-bond acceptors (Lipinski definition) is 2. The van der Waals surface area contributed by atoms with Crippen molar-refractivity contribution in [3.63, 3.8) is 0 Å². The molecule has 0 aliphatic heterocycles. The highest BCUT2D eigenvalue weighted by atomic mass is 15.2. The van der Waals surface area contributed by atoms with E-state index in [9.17, 15) is 0 Å². The van der Waals surface area contributed by atoms with E-state index in [0.717, 1.165) is 23.1 Å². The number of fused-ring (bicyclic) bond motifs is 1. The number of nitrogens with two attached hydrogens (primary N) is 1. The third kappa shape index (κ3) is 2.13. The van der Waals surface area contributed by atoms with Crippen LogP contribution in [0, 0.1) is 0 Å². The number of aryl methyl sites for hydroxylation is 1. The maximum Gasteiger partial charge on any atom is 0.0712 e. The summed E-state index contributed by atoms with van der Waals surface area (Å²) in [5.41, 5.74) is 10.9. The molecule has 0 radical (unpaired) electrons. The van der Waals surface area contributed by atoms with E-state index in [4.69, 9.17) is 5.73 Å². The van der Waals surface area contributed by atoms with Crippen LogP contribution < -0.4 is 5.73 Å². The highest BCUT2D eigenvalue weighted by molar-refractivity contribution is 5.56. The van der Waals surface area contributed by atoms with E-state index in [1.165, 1.54) is 5.56 Å². The Morgan fingerprint density at radius 2 is 1.95 bits per heavy atom. The molecule has 3 rings (SSSR count). The largest absolute Gasteiger partial charge is 0.320 e. The number of hydrogen-bond donors (Lipinski definition) is 1. The Morgan fingerprint density at radius 1 is 1.16 bits per heavy atom. The topological polar surface area (TPSA) is 43.3 Å². The first-order valence-corrected chi connectivity index (χ1v) is 6.56. The second-order valence-electron chi connectivity index (χ2n) is 4.70. The van der Waals surface area contributed by atoms with Crippen molar-refractivity contribution in [3.8, 4) is 0 Å². The minimum absolute atomic E-state index is 0.134. The van der Waals surface area contributed by atoms with Crippen LogP contribution in [0.5, 0.6) is 0 Å². The van der Waals surface area contributed by atoms with Gasteiger partial charge in [-0.25, -0.2) is 4.52 Å². The maximum atomic E-state index is 6.37. The fourth-order valence-corrected chi connectivity index (χ4v) is 2.33. The summed E-state index contributed by atoms with van der Waals surface area (Å²) in [5.74, 6) is 0. The molecule has 3 nitrogen and oxygen atoms in total. The van der Waals surface area contributed by atoms with Gasteiger partial charge in [-0.1, -0.05) is 37.3 Å². The molecule has 0 aliphatic carbocycles. The van der Waals surface area contributed by atoms with Gasteiger partial charge in [-0.05, 0) is 29.7 Å². The van der Waals surface area contributed by atoms with Crippen LogP contribution in [0.15, 0.2) is 54.9 Å². The van der Waals surface area contributed by atoms with Crippen molar-refractivity contribution in [2.75, 3.05) is 0 Å². The van der Waals surface area contributed by atoms with Crippen LogP contribution in [-0.2, 0) is 6.42 Å². The molecule has 1 aromatic carbocycles. The molecule has 0 saturated heterocycles. The molecule has 3 heteroatoms. The van der Waals surface area contributed by atoms with E-state index in [1.54, 1.807) is 0 Å². The Kier molecular flexibility index (Phi) is 3.05. The Bertz CT molecular complexity index is 683. The quantitative estimate of drug-likeness (QED) is 0.777. The van der Waals surface area contributed by atoms with Gasteiger partial charge in [-0.2, -0.15) is 5.10 Å². The number of nitrogens with zero attached hydrogens (tertiary/aromatic N) is 2. The summed E-state index contributed by atoms with van der Waals surface area (Å²) in [4.78, 5) is 0. The second kappa shape index (κ2) is 4.86. The number of pyridine rings is 1. The molecule has 2 N–H and O–H groups in total. The lowest BCUT2D eigenvalue weighted by molar-refractivity contribution is 0.878. The zero-order chi connectivity index (χ0) is 13.2. The lowest BCUT2D eigenvalue weighted by Crippen LogP contribution is -2.11. The zero-order valence-electron chi connectivity index (χ0n) is 11.0. The molecule has 19 heavy (non-hydrogen) atoms. The predicted molar refractivity (Wildman–Crippen MR) is 77.0 cm³/mol. The Labute approximate surface area is 112 Å². The standard InChI is InChI=1S/C16H17N3/c1-2-12-6-8-13(9-7-12)16(17)14-11-18-19-10-4-3-5-15(14)19/h3-11,16H,2,17H2,1H3. The molecular weight excluding hydrogens is 234 g/mol. The van der Waals surface area contributed by atoms with E-state index >= 15 is 0 Å². The number of rotatable bonds is 3. The molecule has 1 unspecified atom stereocenters. The predicted octanol–water partition coefficient (Wildman–Crippen LogP) is 2.94. The smallest absolute Gasteiger partial charge is 0.0712 e. The summed E-state index contributed by atoms with van der Waals surface area (Å²) in [6.07, 6.45) is 4.84. The van der Waals surface area contributed by atoms with Crippen molar-refractivity contribution >= 4 is 5.52 Å². The van der Waals surface area contributed by atoms with Crippen molar-refractivity contribution in [2.45, 2.75) is 19.4 Å². The van der Waals surface area contributed by atoms with Crippen molar-refractivity contribution < 1.29 is 0 Å². The third-order valence-electron chi connectivity index (χ3n) is 3.54. The fourth-order valence-electron chi connectivity index (χ4n) is 2.33. The molecule has 0 amide bonds. The van der Waals surface area contributed by atoms with Crippen LogP contribution in [0.4, 0.5) is 0 Å². The molecule has 96 valence electrons. The molecule has 0 spiro atoms.